The monoisotopic (exact) mass is 561 g/mol. The first-order chi connectivity index (χ1) is 19.8. The average molecular weight is 562 g/mol. The van der Waals surface area contributed by atoms with Crippen LogP contribution in [0.3, 0.4) is 0 Å². The Morgan fingerprint density at radius 2 is 1.78 bits per heavy atom. The third kappa shape index (κ3) is 7.20. The summed E-state index contributed by atoms with van der Waals surface area (Å²) in [4.78, 5) is 24.1. The van der Waals surface area contributed by atoms with Crippen molar-refractivity contribution in [3.63, 3.8) is 0 Å². The van der Waals surface area contributed by atoms with Gasteiger partial charge < -0.3 is 20.3 Å². The third-order valence-electron chi connectivity index (χ3n) is 6.98. The van der Waals surface area contributed by atoms with Gasteiger partial charge in [-0.05, 0) is 86.4 Å². The first kappa shape index (κ1) is 28.1. The Balaban J connectivity index is 1.28. The molecule has 1 aromatic heterocycles. The minimum atomic E-state index is -4.46. The van der Waals surface area contributed by atoms with Crippen LogP contribution in [0, 0.1) is 0 Å². The van der Waals surface area contributed by atoms with Gasteiger partial charge in [-0.2, -0.15) is 13.2 Å². The largest absolute Gasteiger partial charge is 0.495 e. The molecule has 2 N–H and O–H groups in total. The predicted octanol–water partition coefficient (Wildman–Crippen LogP) is 6.81. The van der Waals surface area contributed by atoms with Crippen LogP contribution >= 0.6 is 0 Å². The van der Waals surface area contributed by atoms with Gasteiger partial charge >= 0.3 is 6.18 Å². The van der Waals surface area contributed by atoms with Crippen LogP contribution < -0.4 is 15.4 Å². The van der Waals surface area contributed by atoms with E-state index in [-0.39, 0.29) is 11.9 Å². The van der Waals surface area contributed by atoms with E-state index in [9.17, 15) is 18.0 Å². The number of hydrogen-bond donors (Lipinski definition) is 2. The number of anilines is 3. The Morgan fingerprint density at radius 1 is 1.00 bits per heavy atom. The van der Waals surface area contributed by atoms with E-state index in [4.69, 9.17) is 4.74 Å². The number of nitrogens with one attached hydrogen (secondary N) is 2. The molecule has 1 aliphatic heterocycles. The number of methoxy groups -OCH3 is 1. The topological polar surface area (TPSA) is 79.4 Å². The molecule has 0 unspecified atom stereocenters. The molecule has 212 valence electrons. The second-order valence-corrected chi connectivity index (χ2v) is 9.83. The molecular formula is C31H30F3N5O2. The lowest BCUT2D eigenvalue weighted by molar-refractivity contribution is -0.137. The maximum atomic E-state index is 13.2. The van der Waals surface area contributed by atoms with Gasteiger partial charge in [-0.3, -0.25) is 4.79 Å². The number of ether oxygens (including phenoxy) is 1. The summed E-state index contributed by atoms with van der Waals surface area (Å²) in [7, 11) is 1.49. The number of hydrogen-bond acceptors (Lipinski definition) is 6. The highest BCUT2D eigenvalue weighted by atomic mass is 19.4. The average Bonchev–Trinajstić information content (AvgIpc) is 3.50. The highest BCUT2D eigenvalue weighted by Gasteiger charge is 2.30. The molecule has 41 heavy (non-hydrogen) atoms. The van der Waals surface area contributed by atoms with E-state index < -0.39 is 11.7 Å². The number of rotatable bonds is 9. The molecular weight excluding hydrogens is 531 g/mol. The van der Waals surface area contributed by atoms with Crippen LogP contribution in [0.1, 0.15) is 34.3 Å². The van der Waals surface area contributed by atoms with E-state index in [0.29, 0.717) is 33.9 Å². The van der Waals surface area contributed by atoms with Gasteiger partial charge in [0.2, 0.25) is 5.95 Å². The third-order valence-corrected chi connectivity index (χ3v) is 6.98. The lowest BCUT2D eigenvalue weighted by Gasteiger charge is -2.14. The SMILES string of the molecule is COc1ccc(C(=O)Nc2ccc(CCN3CCCC3)cc2)cc1Nc1nccc(-c2cccc(C(F)(F)F)c2)n1. The summed E-state index contributed by atoms with van der Waals surface area (Å²) < 4.78 is 45.0. The Kier molecular flexibility index (Phi) is 8.49. The van der Waals surface area contributed by atoms with Crippen LogP contribution in [0.2, 0.25) is 0 Å². The fourth-order valence-corrected chi connectivity index (χ4v) is 4.75. The molecule has 4 aromatic rings. The maximum absolute atomic E-state index is 13.2. The number of carbonyl (C=O) groups excluding carboxylic acids is 1. The van der Waals surface area contributed by atoms with E-state index in [2.05, 4.69) is 25.5 Å². The minimum Gasteiger partial charge on any atom is -0.495 e. The Labute approximate surface area is 236 Å². The van der Waals surface area contributed by atoms with Gasteiger partial charge in [-0.15, -0.1) is 0 Å². The van der Waals surface area contributed by atoms with Crippen LogP contribution in [0.25, 0.3) is 11.3 Å². The van der Waals surface area contributed by atoms with E-state index >= 15 is 0 Å². The number of likely N-dealkylation sites (tertiary alicyclic amines) is 1. The van der Waals surface area contributed by atoms with Gasteiger partial charge in [0.25, 0.3) is 5.91 Å². The summed E-state index contributed by atoms with van der Waals surface area (Å²) in [5.74, 6) is 0.274. The predicted molar refractivity (Wildman–Crippen MR) is 153 cm³/mol. The standard InChI is InChI=1S/C31H30F3N5O2/c1-41-28-12-9-23(29(40)36-25-10-7-21(8-11-25)14-18-39-16-2-3-17-39)20-27(28)38-30-35-15-13-26(37-30)22-5-4-6-24(19-22)31(32,33)34/h4-13,15,19-20H,2-3,14,16-18H2,1H3,(H,36,40)(H,35,37,38). The van der Waals surface area contributed by atoms with Crippen molar-refractivity contribution in [2.24, 2.45) is 0 Å². The second-order valence-electron chi connectivity index (χ2n) is 9.83. The Morgan fingerprint density at radius 3 is 2.51 bits per heavy atom. The van der Waals surface area contributed by atoms with Crippen molar-refractivity contribution in [1.82, 2.24) is 14.9 Å². The van der Waals surface area contributed by atoms with Crippen molar-refractivity contribution in [2.75, 3.05) is 37.4 Å². The lowest BCUT2D eigenvalue weighted by Crippen LogP contribution is -2.21. The van der Waals surface area contributed by atoms with Crippen molar-refractivity contribution in [3.05, 3.63) is 95.7 Å². The van der Waals surface area contributed by atoms with Gasteiger partial charge in [0.15, 0.2) is 0 Å². The molecule has 0 bridgehead atoms. The molecule has 1 fully saturated rings. The lowest BCUT2D eigenvalue weighted by atomic mass is 10.1. The first-order valence-electron chi connectivity index (χ1n) is 13.4. The number of aromatic nitrogens is 2. The van der Waals surface area contributed by atoms with Gasteiger partial charge in [-0.25, -0.2) is 9.97 Å². The van der Waals surface area contributed by atoms with Crippen molar-refractivity contribution in [3.8, 4) is 17.0 Å². The summed E-state index contributed by atoms with van der Waals surface area (Å²) in [6, 6.07) is 19.2. The molecule has 10 heteroatoms. The first-order valence-corrected chi connectivity index (χ1v) is 13.4. The summed E-state index contributed by atoms with van der Waals surface area (Å²) in [5, 5.41) is 5.95. The number of amides is 1. The Hall–Kier alpha value is -4.44. The van der Waals surface area contributed by atoms with Crippen molar-refractivity contribution >= 4 is 23.2 Å². The normalized spacial score (nSPS) is 13.7. The number of halogens is 3. The number of carbonyl (C=O) groups is 1. The number of nitrogens with zero attached hydrogens (tertiary/aromatic N) is 3. The van der Waals surface area contributed by atoms with E-state index in [1.165, 1.54) is 56.9 Å². The van der Waals surface area contributed by atoms with Gasteiger partial charge in [0, 0.05) is 29.6 Å². The number of benzene rings is 3. The van der Waals surface area contributed by atoms with Crippen LogP contribution in [0.4, 0.5) is 30.5 Å². The smallest absolute Gasteiger partial charge is 0.416 e. The molecule has 7 nitrogen and oxygen atoms in total. The summed E-state index contributed by atoms with van der Waals surface area (Å²) in [6.45, 7) is 3.38. The Bertz CT molecular complexity index is 1500. The van der Waals surface area contributed by atoms with Crippen molar-refractivity contribution in [1.29, 1.82) is 0 Å². The van der Waals surface area contributed by atoms with Gasteiger partial charge in [-0.1, -0.05) is 24.3 Å². The van der Waals surface area contributed by atoms with E-state index in [0.717, 1.165) is 25.1 Å². The zero-order valence-electron chi connectivity index (χ0n) is 22.5. The second kappa shape index (κ2) is 12.4. The van der Waals surface area contributed by atoms with Crippen molar-refractivity contribution in [2.45, 2.75) is 25.4 Å². The molecule has 3 aromatic carbocycles. The van der Waals surface area contributed by atoms with E-state index in [1.54, 1.807) is 24.3 Å². The van der Waals surface area contributed by atoms with E-state index in [1.807, 2.05) is 24.3 Å². The molecule has 0 spiro atoms. The fourth-order valence-electron chi connectivity index (χ4n) is 4.75. The van der Waals surface area contributed by atoms with Crippen LogP contribution in [-0.4, -0.2) is 47.5 Å². The quantitative estimate of drug-likeness (QED) is 0.234. The van der Waals surface area contributed by atoms with Crippen LogP contribution in [0.5, 0.6) is 5.75 Å². The summed E-state index contributed by atoms with van der Waals surface area (Å²) in [5.41, 5.74) is 2.55. The zero-order valence-corrected chi connectivity index (χ0v) is 22.5. The molecule has 1 saturated heterocycles. The van der Waals surface area contributed by atoms with Crippen LogP contribution in [0.15, 0.2) is 79.0 Å². The molecule has 1 amide bonds. The van der Waals surface area contributed by atoms with Gasteiger partial charge in [0.05, 0.1) is 24.1 Å². The number of alkyl halides is 3. The van der Waals surface area contributed by atoms with Gasteiger partial charge in [0.1, 0.15) is 5.75 Å². The van der Waals surface area contributed by atoms with Crippen LogP contribution in [-0.2, 0) is 12.6 Å². The molecule has 0 atom stereocenters. The minimum absolute atomic E-state index is 0.139. The highest BCUT2D eigenvalue weighted by Crippen LogP contribution is 2.32. The van der Waals surface area contributed by atoms with Crippen molar-refractivity contribution < 1.29 is 22.7 Å². The molecule has 0 aliphatic carbocycles. The molecule has 1 aliphatic rings. The molecule has 5 rings (SSSR count). The highest BCUT2D eigenvalue weighted by molar-refractivity contribution is 6.05. The molecule has 0 saturated carbocycles. The summed E-state index contributed by atoms with van der Waals surface area (Å²) >= 11 is 0. The fraction of sp³-hybridized carbons (Fsp3) is 0.258. The summed E-state index contributed by atoms with van der Waals surface area (Å²) in [6.07, 6.45) is 0.495. The maximum Gasteiger partial charge on any atom is 0.416 e. The molecule has 2 heterocycles. The molecule has 0 radical (unpaired) electrons. The zero-order chi connectivity index (χ0) is 28.8.